The maximum absolute atomic E-state index is 14.5. The van der Waals surface area contributed by atoms with Crippen LogP contribution in [0.4, 0.5) is 8.78 Å². The van der Waals surface area contributed by atoms with Crippen molar-refractivity contribution in [3.8, 4) is 0 Å². The van der Waals surface area contributed by atoms with Gasteiger partial charge in [0.1, 0.15) is 11.6 Å². The van der Waals surface area contributed by atoms with Gasteiger partial charge in [0.25, 0.3) is 0 Å². The average molecular weight is 309 g/mol. The maximum Gasteiger partial charge on any atom is 0.135 e. The fraction of sp³-hybridized carbons (Fsp3) is 0.100. The van der Waals surface area contributed by atoms with E-state index in [9.17, 15) is 8.78 Å². The molecular weight excluding hydrogens is 292 g/mol. The van der Waals surface area contributed by atoms with Crippen LogP contribution >= 0.6 is 0 Å². The standard InChI is InChI=1S/C20H17F2N/c1-13-11-17(21)19(18(22)12-13)20-16(10-9-14(2)23(20)3)15-7-5-4-6-8-15/h4-12H,2H2,1,3H3. The van der Waals surface area contributed by atoms with E-state index in [1.807, 2.05) is 42.5 Å². The van der Waals surface area contributed by atoms with Crippen LogP contribution in [0.25, 0.3) is 11.3 Å². The summed E-state index contributed by atoms with van der Waals surface area (Å²) < 4.78 is 29.1. The van der Waals surface area contributed by atoms with Gasteiger partial charge in [0, 0.05) is 18.3 Å². The van der Waals surface area contributed by atoms with Gasteiger partial charge in [0.15, 0.2) is 0 Å². The van der Waals surface area contributed by atoms with Gasteiger partial charge in [-0.15, -0.1) is 0 Å². The van der Waals surface area contributed by atoms with Crippen molar-refractivity contribution in [2.24, 2.45) is 0 Å². The van der Waals surface area contributed by atoms with Gasteiger partial charge in [0.05, 0.1) is 11.3 Å². The van der Waals surface area contributed by atoms with Crippen LogP contribution < -0.4 is 0 Å². The van der Waals surface area contributed by atoms with Crippen molar-refractivity contribution >= 4 is 11.3 Å². The molecule has 1 aliphatic heterocycles. The molecule has 116 valence electrons. The number of halogens is 2. The zero-order valence-corrected chi connectivity index (χ0v) is 13.1. The van der Waals surface area contributed by atoms with Crippen LogP contribution in [0, 0.1) is 18.6 Å². The van der Waals surface area contributed by atoms with Crippen molar-refractivity contribution in [3.63, 3.8) is 0 Å². The third-order valence-corrected chi connectivity index (χ3v) is 3.97. The van der Waals surface area contributed by atoms with Crippen molar-refractivity contribution in [2.75, 3.05) is 7.05 Å². The summed E-state index contributed by atoms with van der Waals surface area (Å²) in [6.07, 6.45) is 3.70. The van der Waals surface area contributed by atoms with Crippen LogP contribution in [0.15, 0.2) is 66.9 Å². The lowest BCUT2D eigenvalue weighted by molar-refractivity contribution is 0.550. The Bertz CT molecular complexity index is 809. The Hall–Kier alpha value is -2.68. The summed E-state index contributed by atoms with van der Waals surface area (Å²) in [7, 11) is 1.77. The van der Waals surface area contributed by atoms with E-state index in [0.717, 1.165) is 11.1 Å². The summed E-state index contributed by atoms with van der Waals surface area (Å²) in [5.41, 5.74) is 3.36. The maximum atomic E-state index is 14.5. The lowest BCUT2D eigenvalue weighted by atomic mass is 9.94. The molecule has 23 heavy (non-hydrogen) atoms. The summed E-state index contributed by atoms with van der Waals surface area (Å²) >= 11 is 0. The first kappa shape index (κ1) is 15.2. The van der Waals surface area contributed by atoms with E-state index >= 15 is 0 Å². The zero-order valence-electron chi connectivity index (χ0n) is 13.1. The molecule has 0 bridgehead atoms. The number of hydrogen-bond donors (Lipinski definition) is 0. The van der Waals surface area contributed by atoms with Crippen LogP contribution in [0.2, 0.25) is 0 Å². The Morgan fingerprint density at radius 3 is 2.17 bits per heavy atom. The minimum Gasteiger partial charge on any atom is -0.344 e. The molecule has 0 N–H and O–H groups in total. The summed E-state index contributed by atoms with van der Waals surface area (Å²) in [6.45, 7) is 5.61. The monoisotopic (exact) mass is 309 g/mol. The highest BCUT2D eigenvalue weighted by molar-refractivity contribution is 5.97. The molecule has 0 atom stereocenters. The number of nitrogens with zero attached hydrogens (tertiary/aromatic N) is 1. The fourth-order valence-electron chi connectivity index (χ4n) is 2.77. The van der Waals surface area contributed by atoms with Gasteiger partial charge in [-0.1, -0.05) is 43.0 Å². The Morgan fingerprint density at radius 1 is 0.957 bits per heavy atom. The number of likely N-dealkylation sites (N-methyl/N-ethyl adjacent to an activating group) is 1. The quantitative estimate of drug-likeness (QED) is 0.741. The third kappa shape index (κ3) is 2.70. The Kier molecular flexibility index (Phi) is 3.87. The highest BCUT2D eigenvalue weighted by Crippen LogP contribution is 2.37. The van der Waals surface area contributed by atoms with Crippen molar-refractivity contribution in [2.45, 2.75) is 6.92 Å². The molecular formula is C20H17F2N. The lowest BCUT2D eigenvalue weighted by Gasteiger charge is -2.30. The highest BCUT2D eigenvalue weighted by Gasteiger charge is 2.24. The number of allylic oxidation sites excluding steroid dienone is 3. The van der Waals surface area contributed by atoms with E-state index < -0.39 is 11.6 Å². The van der Waals surface area contributed by atoms with Crippen LogP contribution in [-0.4, -0.2) is 11.9 Å². The van der Waals surface area contributed by atoms with Gasteiger partial charge < -0.3 is 4.90 Å². The molecule has 1 heterocycles. The lowest BCUT2D eigenvalue weighted by Crippen LogP contribution is -2.20. The predicted molar refractivity (Wildman–Crippen MR) is 90.4 cm³/mol. The molecule has 1 nitrogen and oxygen atoms in total. The van der Waals surface area contributed by atoms with Gasteiger partial charge in [-0.3, -0.25) is 0 Å². The summed E-state index contributed by atoms with van der Waals surface area (Å²) in [5.74, 6) is -1.14. The Labute approximate surface area is 134 Å². The van der Waals surface area contributed by atoms with Gasteiger partial charge in [-0.25, -0.2) is 8.78 Å². The second-order valence-corrected chi connectivity index (χ2v) is 5.62. The predicted octanol–water partition coefficient (Wildman–Crippen LogP) is 5.16. The molecule has 0 saturated carbocycles. The SMILES string of the molecule is C=C1C=CC(c2ccccc2)=C(c2c(F)cc(C)cc2F)N1C. The van der Waals surface area contributed by atoms with E-state index in [4.69, 9.17) is 0 Å². The van der Waals surface area contributed by atoms with Crippen molar-refractivity contribution in [1.82, 2.24) is 4.90 Å². The minimum atomic E-state index is -0.569. The van der Waals surface area contributed by atoms with E-state index in [-0.39, 0.29) is 5.56 Å². The number of rotatable bonds is 2. The normalized spacial score (nSPS) is 14.6. The van der Waals surface area contributed by atoms with E-state index in [1.54, 1.807) is 18.9 Å². The van der Waals surface area contributed by atoms with Crippen LogP contribution in [0.1, 0.15) is 16.7 Å². The molecule has 3 heteroatoms. The van der Waals surface area contributed by atoms with Crippen molar-refractivity contribution < 1.29 is 8.78 Å². The molecule has 0 saturated heterocycles. The topological polar surface area (TPSA) is 3.24 Å². The highest BCUT2D eigenvalue weighted by atomic mass is 19.1. The Balaban J connectivity index is 2.32. The molecule has 0 aromatic heterocycles. The fourth-order valence-corrected chi connectivity index (χ4v) is 2.77. The van der Waals surface area contributed by atoms with Gasteiger partial charge in [0.2, 0.25) is 0 Å². The van der Waals surface area contributed by atoms with Crippen molar-refractivity contribution in [3.05, 3.63) is 95.2 Å². The molecule has 0 spiro atoms. The van der Waals surface area contributed by atoms with Crippen LogP contribution in [0.5, 0.6) is 0 Å². The molecule has 1 aliphatic rings. The summed E-state index contributed by atoms with van der Waals surface area (Å²) in [6, 6.07) is 12.3. The van der Waals surface area contributed by atoms with Crippen LogP contribution in [0.3, 0.4) is 0 Å². The molecule has 2 aromatic carbocycles. The first-order chi connectivity index (χ1) is 11.0. The minimum absolute atomic E-state index is 0.0255. The number of benzene rings is 2. The summed E-state index contributed by atoms with van der Waals surface area (Å²) in [4.78, 5) is 1.72. The largest absolute Gasteiger partial charge is 0.344 e. The van der Waals surface area contributed by atoms with E-state index in [0.29, 0.717) is 17.0 Å². The second kappa shape index (κ2) is 5.84. The van der Waals surface area contributed by atoms with Crippen molar-refractivity contribution in [1.29, 1.82) is 0 Å². The van der Waals surface area contributed by atoms with Gasteiger partial charge in [-0.2, -0.15) is 0 Å². The molecule has 0 fully saturated rings. The summed E-state index contributed by atoms with van der Waals surface area (Å²) in [5, 5.41) is 0. The second-order valence-electron chi connectivity index (χ2n) is 5.62. The third-order valence-electron chi connectivity index (χ3n) is 3.97. The molecule has 0 aliphatic carbocycles. The molecule has 3 rings (SSSR count). The van der Waals surface area contributed by atoms with Gasteiger partial charge in [-0.05, 0) is 36.3 Å². The van der Waals surface area contributed by atoms with E-state index in [1.165, 1.54) is 12.1 Å². The number of hydrogen-bond acceptors (Lipinski definition) is 1. The first-order valence-corrected chi connectivity index (χ1v) is 7.35. The molecule has 0 unspecified atom stereocenters. The van der Waals surface area contributed by atoms with E-state index in [2.05, 4.69) is 6.58 Å². The zero-order chi connectivity index (χ0) is 16.6. The van der Waals surface area contributed by atoms with Crippen LogP contribution in [-0.2, 0) is 0 Å². The Morgan fingerprint density at radius 2 is 1.57 bits per heavy atom. The number of aryl methyl sites for hydroxylation is 1. The average Bonchev–Trinajstić information content (AvgIpc) is 2.51. The first-order valence-electron chi connectivity index (χ1n) is 7.35. The smallest absolute Gasteiger partial charge is 0.135 e. The van der Waals surface area contributed by atoms with Gasteiger partial charge >= 0.3 is 0 Å². The molecule has 2 aromatic rings. The molecule has 0 radical (unpaired) electrons. The molecule has 0 amide bonds.